The summed E-state index contributed by atoms with van der Waals surface area (Å²) >= 11 is 5.85. The molecular weight excluding hydrogens is 305 g/mol. The van der Waals surface area contributed by atoms with E-state index in [4.69, 9.17) is 16.3 Å². The minimum absolute atomic E-state index is 0.103. The minimum atomic E-state index is -0.611. The monoisotopic (exact) mass is 321 g/mol. The Kier molecular flexibility index (Phi) is 5.78. The second-order valence-corrected chi connectivity index (χ2v) is 5.21. The van der Waals surface area contributed by atoms with Crippen molar-refractivity contribution < 1.29 is 13.9 Å². The van der Waals surface area contributed by atoms with E-state index < -0.39 is 11.7 Å². The standard InChI is InChI=1S/C17H17ClFNO2/c1-22-13-9-7-12(8-10-13)4-3-11-20-17(21)16-14(18)5-2-6-15(16)19/h2,5-10H,3-4,11H2,1H3,(H,20,21). The highest BCUT2D eigenvalue weighted by Gasteiger charge is 2.14. The number of benzene rings is 2. The van der Waals surface area contributed by atoms with Crippen LogP contribution in [0.2, 0.25) is 5.02 Å². The summed E-state index contributed by atoms with van der Waals surface area (Å²) in [7, 11) is 1.62. The van der Waals surface area contributed by atoms with Crippen LogP contribution in [-0.4, -0.2) is 19.6 Å². The molecule has 0 saturated carbocycles. The number of carbonyl (C=O) groups excluding carboxylic acids is 1. The molecule has 22 heavy (non-hydrogen) atoms. The van der Waals surface area contributed by atoms with E-state index in [-0.39, 0.29) is 10.6 Å². The van der Waals surface area contributed by atoms with Crippen LogP contribution in [0.25, 0.3) is 0 Å². The summed E-state index contributed by atoms with van der Waals surface area (Å²) < 4.78 is 18.7. The van der Waals surface area contributed by atoms with Crippen molar-refractivity contribution in [3.05, 3.63) is 64.4 Å². The highest BCUT2D eigenvalue weighted by atomic mass is 35.5. The maximum atomic E-state index is 13.6. The predicted molar refractivity (Wildman–Crippen MR) is 85.1 cm³/mol. The van der Waals surface area contributed by atoms with Gasteiger partial charge in [0.2, 0.25) is 0 Å². The van der Waals surface area contributed by atoms with Crippen molar-refractivity contribution in [1.29, 1.82) is 0 Å². The molecule has 2 aromatic carbocycles. The smallest absolute Gasteiger partial charge is 0.255 e. The topological polar surface area (TPSA) is 38.3 Å². The van der Waals surface area contributed by atoms with Gasteiger partial charge in [-0.25, -0.2) is 4.39 Å². The highest BCUT2D eigenvalue weighted by Crippen LogP contribution is 2.18. The molecule has 0 atom stereocenters. The summed E-state index contributed by atoms with van der Waals surface area (Å²) in [6.07, 6.45) is 1.57. The van der Waals surface area contributed by atoms with E-state index in [1.807, 2.05) is 24.3 Å². The summed E-state index contributed by atoms with van der Waals surface area (Å²) in [5.41, 5.74) is 1.05. The fourth-order valence-corrected chi connectivity index (χ4v) is 2.34. The van der Waals surface area contributed by atoms with Crippen molar-refractivity contribution in [1.82, 2.24) is 5.32 Å². The van der Waals surface area contributed by atoms with Gasteiger partial charge in [-0.2, -0.15) is 0 Å². The highest BCUT2D eigenvalue weighted by molar-refractivity contribution is 6.33. The Morgan fingerprint density at radius 2 is 1.95 bits per heavy atom. The third kappa shape index (κ3) is 4.21. The van der Waals surface area contributed by atoms with Crippen LogP contribution in [-0.2, 0) is 6.42 Å². The van der Waals surface area contributed by atoms with Gasteiger partial charge in [0.05, 0.1) is 17.7 Å². The Balaban J connectivity index is 1.82. The lowest BCUT2D eigenvalue weighted by Crippen LogP contribution is -2.26. The number of ether oxygens (including phenoxy) is 1. The molecule has 1 amide bonds. The van der Waals surface area contributed by atoms with Gasteiger partial charge in [0.25, 0.3) is 5.91 Å². The number of amides is 1. The molecule has 3 nitrogen and oxygen atoms in total. The molecule has 0 heterocycles. The zero-order chi connectivity index (χ0) is 15.9. The number of hydrogen-bond donors (Lipinski definition) is 1. The third-order valence-electron chi connectivity index (χ3n) is 3.28. The lowest BCUT2D eigenvalue weighted by molar-refractivity contribution is 0.0949. The van der Waals surface area contributed by atoms with Gasteiger partial charge < -0.3 is 10.1 Å². The number of hydrogen-bond acceptors (Lipinski definition) is 2. The predicted octanol–water partition coefficient (Wildman–Crippen LogP) is 3.85. The summed E-state index contributed by atoms with van der Waals surface area (Å²) in [6.45, 7) is 0.454. The molecule has 0 fully saturated rings. The molecule has 0 aliphatic carbocycles. The lowest BCUT2D eigenvalue weighted by atomic mass is 10.1. The minimum Gasteiger partial charge on any atom is -0.497 e. The second kappa shape index (κ2) is 7.80. The number of halogens is 2. The van der Waals surface area contributed by atoms with Crippen molar-refractivity contribution in [2.45, 2.75) is 12.8 Å². The normalized spacial score (nSPS) is 10.3. The van der Waals surface area contributed by atoms with Crippen molar-refractivity contribution in [3.8, 4) is 5.75 Å². The Hall–Kier alpha value is -2.07. The maximum Gasteiger partial charge on any atom is 0.255 e. The van der Waals surface area contributed by atoms with Crippen LogP contribution < -0.4 is 10.1 Å². The quantitative estimate of drug-likeness (QED) is 0.821. The molecule has 0 bridgehead atoms. The van der Waals surface area contributed by atoms with Gasteiger partial charge in [0.15, 0.2) is 0 Å². The molecular formula is C17H17ClFNO2. The van der Waals surface area contributed by atoms with Crippen LogP contribution in [0.4, 0.5) is 4.39 Å². The zero-order valence-electron chi connectivity index (χ0n) is 12.2. The maximum absolute atomic E-state index is 13.6. The van der Waals surface area contributed by atoms with Crippen LogP contribution in [0.3, 0.4) is 0 Å². The molecule has 0 radical (unpaired) electrons. The molecule has 0 aromatic heterocycles. The Morgan fingerprint density at radius 3 is 2.59 bits per heavy atom. The first-order valence-corrected chi connectivity index (χ1v) is 7.34. The van der Waals surface area contributed by atoms with Crippen LogP contribution in [0.5, 0.6) is 5.75 Å². The van der Waals surface area contributed by atoms with E-state index in [9.17, 15) is 9.18 Å². The number of aryl methyl sites for hydroxylation is 1. The molecule has 5 heteroatoms. The van der Waals surface area contributed by atoms with Crippen molar-refractivity contribution >= 4 is 17.5 Å². The van der Waals surface area contributed by atoms with E-state index in [0.29, 0.717) is 6.54 Å². The first-order chi connectivity index (χ1) is 10.6. The van der Waals surface area contributed by atoms with E-state index in [1.165, 1.54) is 18.2 Å². The summed E-state index contributed by atoms with van der Waals surface area (Å²) in [6, 6.07) is 11.9. The van der Waals surface area contributed by atoms with Crippen molar-refractivity contribution in [2.24, 2.45) is 0 Å². The average molecular weight is 322 g/mol. The van der Waals surface area contributed by atoms with Crippen molar-refractivity contribution in [2.75, 3.05) is 13.7 Å². The molecule has 0 aliphatic heterocycles. The number of methoxy groups -OCH3 is 1. The lowest BCUT2D eigenvalue weighted by Gasteiger charge is -2.08. The molecule has 0 unspecified atom stereocenters. The van der Waals surface area contributed by atoms with Crippen LogP contribution in [0.15, 0.2) is 42.5 Å². The Morgan fingerprint density at radius 1 is 1.23 bits per heavy atom. The Bertz CT molecular complexity index is 623. The number of rotatable bonds is 6. The molecule has 0 spiro atoms. The second-order valence-electron chi connectivity index (χ2n) is 4.80. The van der Waals surface area contributed by atoms with Gasteiger partial charge in [0, 0.05) is 6.54 Å². The molecule has 116 valence electrons. The van der Waals surface area contributed by atoms with Gasteiger partial charge in [-0.3, -0.25) is 4.79 Å². The largest absolute Gasteiger partial charge is 0.497 e. The van der Waals surface area contributed by atoms with Gasteiger partial charge in [0.1, 0.15) is 11.6 Å². The van der Waals surface area contributed by atoms with Crippen LogP contribution in [0.1, 0.15) is 22.3 Å². The fraction of sp³-hybridized carbons (Fsp3) is 0.235. The summed E-state index contributed by atoms with van der Waals surface area (Å²) in [5, 5.41) is 2.80. The van der Waals surface area contributed by atoms with Crippen molar-refractivity contribution in [3.63, 3.8) is 0 Å². The van der Waals surface area contributed by atoms with Gasteiger partial charge in [-0.05, 0) is 42.7 Å². The number of nitrogens with one attached hydrogen (secondary N) is 1. The van der Waals surface area contributed by atoms with Gasteiger partial charge in [-0.15, -0.1) is 0 Å². The molecule has 1 N–H and O–H groups in total. The van der Waals surface area contributed by atoms with E-state index >= 15 is 0 Å². The van der Waals surface area contributed by atoms with E-state index in [1.54, 1.807) is 7.11 Å². The van der Waals surface area contributed by atoms with Gasteiger partial charge in [-0.1, -0.05) is 29.8 Å². The molecule has 2 rings (SSSR count). The van der Waals surface area contributed by atoms with Gasteiger partial charge >= 0.3 is 0 Å². The Labute approximate surface area is 134 Å². The zero-order valence-corrected chi connectivity index (χ0v) is 13.0. The van der Waals surface area contributed by atoms with Crippen LogP contribution in [0, 0.1) is 5.82 Å². The number of carbonyl (C=O) groups is 1. The average Bonchev–Trinajstić information content (AvgIpc) is 2.52. The van der Waals surface area contributed by atoms with Crippen LogP contribution >= 0.6 is 11.6 Å². The van der Waals surface area contributed by atoms with E-state index in [0.717, 1.165) is 24.2 Å². The molecule has 0 saturated heterocycles. The fourth-order valence-electron chi connectivity index (χ4n) is 2.09. The summed E-state index contributed by atoms with van der Waals surface area (Å²) in [5.74, 6) is -0.288. The first kappa shape index (κ1) is 16.3. The molecule has 2 aromatic rings. The summed E-state index contributed by atoms with van der Waals surface area (Å²) in [4.78, 5) is 11.9. The van der Waals surface area contributed by atoms with E-state index in [2.05, 4.69) is 5.32 Å². The molecule has 0 aliphatic rings. The first-order valence-electron chi connectivity index (χ1n) is 6.97. The SMILES string of the molecule is COc1ccc(CCCNC(=O)c2c(F)cccc2Cl)cc1. The third-order valence-corrected chi connectivity index (χ3v) is 3.59.